The average molecular weight is 359 g/mol. The molecule has 1 amide bonds. The summed E-state index contributed by atoms with van der Waals surface area (Å²) in [5.74, 6) is 0.796. The van der Waals surface area contributed by atoms with Crippen LogP contribution in [0, 0.1) is 18.3 Å². The molecule has 0 aliphatic carbocycles. The quantitative estimate of drug-likeness (QED) is 0.850. The molecule has 3 rings (SSSR count). The maximum absolute atomic E-state index is 12.1. The van der Waals surface area contributed by atoms with Crippen LogP contribution < -0.4 is 5.32 Å². The number of nitrogens with one attached hydrogen (secondary N) is 1. The van der Waals surface area contributed by atoms with Gasteiger partial charge < -0.3 is 14.7 Å². The Labute approximate surface area is 150 Å². The zero-order chi connectivity index (χ0) is 17.6. The van der Waals surface area contributed by atoms with E-state index in [0.29, 0.717) is 17.0 Å². The summed E-state index contributed by atoms with van der Waals surface area (Å²) in [6.07, 6.45) is 0.436. The van der Waals surface area contributed by atoms with Crippen LogP contribution in [0.15, 0.2) is 22.0 Å². The molecule has 0 radical (unpaired) electrons. The van der Waals surface area contributed by atoms with Gasteiger partial charge in [-0.3, -0.25) is 9.69 Å². The minimum absolute atomic E-state index is 0.0422. The molecule has 2 aromatic heterocycles. The van der Waals surface area contributed by atoms with Gasteiger partial charge in [-0.15, -0.1) is 11.3 Å². The van der Waals surface area contributed by atoms with Gasteiger partial charge in [0.15, 0.2) is 0 Å². The molecule has 0 aromatic carbocycles. The Kier molecular flexibility index (Phi) is 5.81. The van der Waals surface area contributed by atoms with Crippen molar-refractivity contribution in [3.05, 3.63) is 34.5 Å². The van der Waals surface area contributed by atoms with Crippen molar-refractivity contribution in [2.45, 2.75) is 19.9 Å². The molecule has 1 aliphatic rings. The summed E-state index contributed by atoms with van der Waals surface area (Å²) in [7, 11) is 0. The first-order valence-corrected chi connectivity index (χ1v) is 9.16. The van der Waals surface area contributed by atoms with E-state index in [-0.39, 0.29) is 5.91 Å². The molecule has 0 unspecified atom stereocenters. The van der Waals surface area contributed by atoms with Crippen LogP contribution in [-0.4, -0.2) is 53.6 Å². The highest BCUT2D eigenvalue weighted by Gasteiger charge is 2.19. The van der Waals surface area contributed by atoms with Gasteiger partial charge >= 0.3 is 0 Å². The summed E-state index contributed by atoms with van der Waals surface area (Å²) < 4.78 is 5.10. The summed E-state index contributed by atoms with van der Waals surface area (Å²) in [4.78, 5) is 16.7. The van der Waals surface area contributed by atoms with E-state index in [1.165, 1.54) is 11.3 Å². The van der Waals surface area contributed by atoms with Gasteiger partial charge in [0.1, 0.15) is 16.8 Å². The van der Waals surface area contributed by atoms with Crippen molar-refractivity contribution in [2.24, 2.45) is 0 Å². The molecule has 1 N–H and O–H groups in total. The average Bonchev–Trinajstić information content (AvgIpc) is 3.23. The van der Waals surface area contributed by atoms with Gasteiger partial charge in [0, 0.05) is 51.8 Å². The molecule has 25 heavy (non-hydrogen) atoms. The minimum Gasteiger partial charge on any atom is -0.361 e. The largest absolute Gasteiger partial charge is 0.361 e. The molecule has 132 valence electrons. The number of nitrogens with zero attached hydrogens (tertiary/aromatic N) is 4. The fourth-order valence-electron chi connectivity index (χ4n) is 2.84. The molecule has 8 heteroatoms. The Morgan fingerprint density at radius 1 is 1.40 bits per heavy atom. The predicted octanol–water partition coefficient (Wildman–Crippen LogP) is 2.06. The highest BCUT2D eigenvalue weighted by Crippen LogP contribution is 2.22. The second kappa shape index (κ2) is 8.25. The molecule has 0 saturated carbocycles. The smallest absolute Gasteiger partial charge is 0.226 e. The highest BCUT2D eigenvalue weighted by molar-refractivity contribution is 7.14. The van der Waals surface area contributed by atoms with Crippen molar-refractivity contribution < 1.29 is 9.32 Å². The van der Waals surface area contributed by atoms with Gasteiger partial charge in [-0.25, -0.2) is 0 Å². The van der Waals surface area contributed by atoms with Crippen LogP contribution in [0.25, 0.3) is 0 Å². The molecular weight excluding hydrogens is 338 g/mol. The SMILES string of the molecule is Cc1cc(CN2CCN(CCC(=O)Nc3sccc3C#N)CC2)no1. The van der Waals surface area contributed by atoms with Crippen LogP contribution in [0.1, 0.15) is 23.4 Å². The van der Waals surface area contributed by atoms with Crippen LogP contribution in [0.2, 0.25) is 0 Å². The molecule has 1 saturated heterocycles. The van der Waals surface area contributed by atoms with Crippen LogP contribution in [-0.2, 0) is 11.3 Å². The monoisotopic (exact) mass is 359 g/mol. The third kappa shape index (κ3) is 4.89. The standard InChI is InChI=1S/C17H21N5O2S/c1-13-10-15(20-24-13)12-22-7-5-21(6-8-22)4-2-16(23)19-17-14(11-18)3-9-25-17/h3,9-10H,2,4-8,12H2,1H3,(H,19,23). The number of thiophene rings is 1. The van der Waals surface area contributed by atoms with Crippen LogP contribution in [0.3, 0.4) is 0 Å². The minimum atomic E-state index is -0.0422. The third-order valence-electron chi connectivity index (χ3n) is 4.22. The number of hydrogen-bond acceptors (Lipinski definition) is 7. The Morgan fingerprint density at radius 2 is 2.16 bits per heavy atom. The lowest BCUT2D eigenvalue weighted by atomic mass is 10.2. The van der Waals surface area contributed by atoms with Crippen molar-refractivity contribution in [3.8, 4) is 6.07 Å². The molecule has 1 fully saturated rings. The number of piperazine rings is 1. The first-order chi connectivity index (χ1) is 12.1. The summed E-state index contributed by atoms with van der Waals surface area (Å²) in [6.45, 7) is 7.22. The van der Waals surface area contributed by atoms with Crippen LogP contribution in [0.5, 0.6) is 0 Å². The second-order valence-corrected chi connectivity index (χ2v) is 7.04. The molecular formula is C17H21N5O2S. The third-order valence-corrected chi connectivity index (χ3v) is 5.05. The lowest BCUT2D eigenvalue weighted by Crippen LogP contribution is -2.46. The van der Waals surface area contributed by atoms with E-state index < -0.39 is 0 Å². The van der Waals surface area contributed by atoms with Gasteiger partial charge in [0.05, 0.1) is 11.3 Å². The maximum atomic E-state index is 12.1. The number of nitriles is 1. The van der Waals surface area contributed by atoms with E-state index in [1.807, 2.05) is 18.4 Å². The zero-order valence-electron chi connectivity index (χ0n) is 14.2. The highest BCUT2D eigenvalue weighted by atomic mass is 32.1. The second-order valence-electron chi connectivity index (χ2n) is 6.12. The fraction of sp³-hybridized carbons (Fsp3) is 0.471. The van der Waals surface area contributed by atoms with E-state index in [1.54, 1.807) is 6.07 Å². The number of aromatic nitrogens is 1. The van der Waals surface area contributed by atoms with E-state index in [4.69, 9.17) is 9.78 Å². The molecule has 1 aliphatic heterocycles. The first kappa shape index (κ1) is 17.6. The predicted molar refractivity (Wildman–Crippen MR) is 95.2 cm³/mol. The number of carbonyl (C=O) groups is 1. The van der Waals surface area contributed by atoms with Gasteiger partial charge in [0.2, 0.25) is 5.91 Å². The Hall–Kier alpha value is -2.21. The van der Waals surface area contributed by atoms with Gasteiger partial charge in [-0.1, -0.05) is 5.16 Å². The van der Waals surface area contributed by atoms with Crippen molar-refractivity contribution in [3.63, 3.8) is 0 Å². The number of rotatable bonds is 6. The number of aryl methyl sites for hydroxylation is 1. The van der Waals surface area contributed by atoms with E-state index in [9.17, 15) is 4.79 Å². The van der Waals surface area contributed by atoms with Crippen molar-refractivity contribution in [1.82, 2.24) is 15.0 Å². The number of amides is 1. The summed E-state index contributed by atoms with van der Waals surface area (Å²) in [5, 5.41) is 18.3. The van der Waals surface area contributed by atoms with Crippen molar-refractivity contribution in [1.29, 1.82) is 5.26 Å². The van der Waals surface area contributed by atoms with Crippen LogP contribution in [0.4, 0.5) is 5.00 Å². The zero-order valence-corrected chi connectivity index (χ0v) is 15.0. The first-order valence-electron chi connectivity index (χ1n) is 8.28. The fourth-order valence-corrected chi connectivity index (χ4v) is 3.59. The summed E-state index contributed by atoms with van der Waals surface area (Å²) in [6, 6.07) is 5.77. The number of hydrogen-bond donors (Lipinski definition) is 1. The Bertz CT molecular complexity index is 755. The van der Waals surface area contributed by atoms with Gasteiger partial charge in [0.25, 0.3) is 0 Å². The summed E-state index contributed by atoms with van der Waals surface area (Å²) in [5.41, 5.74) is 1.49. The van der Waals surface area contributed by atoms with Gasteiger partial charge in [-0.2, -0.15) is 5.26 Å². The van der Waals surface area contributed by atoms with Crippen molar-refractivity contribution in [2.75, 3.05) is 38.0 Å². The number of anilines is 1. The molecule has 3 heterocycles. The molecule has 0 spiro atoms. The van der Waals surface area contributed by atoms with Crippen LogP contribution >= 0.6 is 11.3 Å². The Balaban J connectivity index is 1.37. The van der Waals surface area contributed by atoms with Crippen molar-refractivity contribution >= 4 is 22.2 Å². The van der Waals surface area contributed by atoms with E-state index >= 15 is 0 Å². The maximum Gasteiger partial charge on any atom is 0.226 e. The van der Waals surface area contributed by atoms with E-state index in [0.717, 1.165) is 50.7 Å². The number of carbonyl (C=O) groups excluding carboxylic acids is 1. The van der Waals surface area contributed by atoms with Gasteiger partial charge in [-0.05, 0) is 18.4 Å². The lowest BCUT2D eigenvalue weighted by Gasteiger charge is -2.34. The molecule has 7 nitrogen and oxygen atoms in total. The Morgan fingerprint density at radius 3 is 2.84 bits per heavy atom. The normalized spacial score (nSPS) is 15.8. The topological polar surface area (TPSA) is 85.4 Å². The molecule has 0 bridgehead atoms. The molecule has 0 atom stereocenters. The molecule has 2 aromatic rings. The summed E-state index contributed by atoms with van der Waals surface area (Å²) >= 11 is 1.38. The lowest BCUT2D eigenvalue weighted by molar-refractivity contribution is -0.116. The van der Waals surface area contributed by atoms with E-state index in [2.05, 4.69) is 26.3 Å².